The molecular weight excluding hydrogens is 1570 g/mol. The zero-order valence-corrected chi connectivity index (χ0v) is 70.1. The topological polar surface area (TPSA) is 0 Å². The lowest BCUT2D eigenvalue weighted by Gasteiger charge is -2.05. The third kappa shape index (κ3) is 28.8. The summed E-state index contributed by atoms with van der Waals surface area (Å²) < 4.78 is 130. The fourth-order valence-corrected chi connectivity index (χ4v) is 12.8. The Morgan fingerprint density at radius 3 is 0.560 bits per heavy atom. The smallest absolute Gasteiger partial charge is 0.160 e. The lowest BCUT2D eigenvalue weighted by molar-refractivity contribution is 0.508. The standard InChI is InChI=1S/C25H22F2.C24H20F2.C23H18F2.C22H16F2.C21H14F2/c1-2-3-4-5-19-8-13-22(14-9-19)23-15-10-20(11-16-23)6-7-21-12-17-24(26)25(27)18-21;1-2-3-4-18-7-12-21(13-8-18)22-14-9-19(10-15-22)5-6-20-11-16-23(25)24(26)17-20;1-2-3-17-6-11-20(12-7-17)21-13-8-18(9-14-21)4-5-19-10-15-22(24)23(25)16-19;1-2-16-5-10-19(11-6-16)20-12-7-17(8-13-20)3-4-18-9-14-21(23)22(24)15-18;1-15-2-9-18(10-3-15)19-11-6-16(7-12-19)4-5-17-8-13-20(22)21(23)14-17/h8-18H,2-5H2,1H3;7-17H,2-4H2,1H3;6-16H,2-3H2,1H3;5-15H,2H2,1H3;2-3,6-14H,1H3. The van der Waals surface area contributed by atoms with E-state index in [-0.39, 0.29) is 0 Å². The maximum absolute atomic E-state index is 13.2. The van der Waals surface area contributed by atoms with Crippen LogP contribution in [-0.2, 0) is 25.7 Å². The second kappa shape index (κ2) is 47.0. The van der Waals surface area contributed by atoms with Gasteiger partial charge in [-0.15, -0.1) is 0 Å². The van der Waals surface area contributed by atoms with Crippen LogP contribution in [0.4, 0.5) is 43.9 Å². The SMILES string of the molecule is CCCCCc1ccc(-c2ccc(C#Cc3ccc(F)c(F)c3)cc2)cc1.CCCCc1ccc(-c2ccc(C#Cc3ccc(F)c(F)c3)cc2)cc1.CCCc1ccc(-c2ccc(C#Cc3ccc(F)c(F)c3)cc2)cc1.CCc1ccc(-c2ccc(C#Cc3ccc(F)c(F)c3)cc2)cc1.Cc1ccc(-c2ccc(C#Cc3ccc(F)c(F)c3)cc2)cc1. The number of benzene rings is 15. The maximum atomic E-state index is 13.2. The molecule has 15 rings (SSSR count). The highest BCUT2D eigenvalue weighted by molar-refractivity contribution is 5.70. The molecule has 0 bridgehead atoms. The molecule has 0 aromatic heterocycles. The van der Waals surface area contributed by atoms with E-state index in [1.807, 2.05) is 121 Å². The molecule has 0 aliphatic rings. The minimum absolute atomic E-state index is 0.450. The molecule has 0 saturated heterocycles. The number of unbranched alkanes of at least 4 members (excludes halogenated alkanes) is 3. The molecular formula is C115H90F10. The van der Waals surface area contributed by atoms with Crippen LogP contribution < -0.4 is 0 Å². The molecule has 0 nitrogen and oxygen atoms in total. The Morgan fingerprint density at radius 1 is 0.168 bits per heavy atom. The maximum Gasteiger partial charge on any atom is 0.160 e. The van der Waals surface area contributed by atoms with Gasteiger partial charge < -0.3 is 0 Å². The van der Waals surface area contributed by atoms with Crippen molar-refractivity contribution in [2.45, 2.75) is 98.8 Å². The monoisotopic (exact) mass is 1660 g/mol. The predicted octanol–water partition coefficient (Wildman–Crippen LogP) is 30.1. The van der Waals surface area contributed by atoms with Crippen molar-refractivity contribution in [3.8, 4) is 115 Å². The Labute approximate surface area is 728 Å². The van der Waals surface area contributed by atoms with Gasteiger partial charge in [0.1, 0.15) is 0 Å². The largest absolute Gasteiger partial charge is 0.204 e. The molecule has 0 saturated carbocycles. The number of halogens is 10. The van der Waals surface area contributed by atoms with Crippen LogP contribution >= 0.6 is 0 Å². The van der Waals surface area contributed by atoms with E-state index in [0.29, 0.717) is 27.8 Å². The fraction of sp³-hybridized carbons (Fsp3) is 0.130. The van der Waals surface area contributed by atoms with E-state index in [1.165, 1.54) is 107 Å². The molecule has 0 unspecified atom stereocenters. The summed E-state index contributed by atoms with van der Waals surface area (Å²) in [5, 5.41) is 0. The highest BCUT2D eigenvalue weighted by atomic mass is 19.2. The van der Waals surface area contributed by atoms with Gasteiger partial charge in [-0.2, -0.15) is 0 Å². The molecule has 0 N–H and O–H groups in total. The molecule has 0 radical (unpaired) electrons. The Balaban J connectivity index is 0.000000152. The summed E-state index contributed by atoms with van der Waals surface area (Å²) in [6, 6.07) is 101. The van der Waals surface area contributed by atoms with E-state index in [1.54, 1.807) is 0 Å². The van der Waals surface area contributed by atoms with E-state index < -0.39 is 58.2 Å². The van der Waals surface area contributed by atoms with Crippen LogP contribution in [0.3, 0.4) is 0 Å². The van der Waals surface area contributed by atoms with Gasteiger partial charge in [-0.05, 0) is 275 Å². The third-order valence-corrected chi connectivity index (χ3v) is 20.1. The lowest BCUT2D eigenvalue weighted by atomic mass is 10.0. The molecule has 15 aromatic rings. The summed E-state index contributed by atoms with van der Waals surface area (Å²) in [5.41, 5.74) is 24.5. The van der Waals surface area contributed by atoms with Gasteiger partial charge in [0.2, 0.25) is 0 Å². The first-order valence-electron chi connectivity index (χ1n) is 41.5. The first-order chi connectivity index (χ1) is 60.7. The van der Waals surface area contributed by atoms with Gasteiger partial charge in [-0.25, -0.2) is 43.9 Å². The molecule has 0 spiro atoms. The van der Waals surface area contributed by atoms with Gasteiger partial charge in [-0.1, -0.05) is 300 Å². The third-order valence-electron chi connectivity index (χ3n) is 20.1. The summed E-state index contributed by atoms with van der Waals surface area (Å²) in [4.78, 5) is 0. The zero-order valence-electron chi connectivity index (χ0n) is 70.1. The average Bonchev–Trinajstić information content (AvgIpc) is 0.857. The van der Waals surface area contributed by atoms with E-state index >= 15 is 0 Å². The zero-order chi connectivity index (χ0) is 88.2. The molecule has 125 heavy (non-hydrogen) atoms. The van der Waals surface area contributed by atoms with Gasteiger partial charge in [0.25, 0.3) is 0 Å². The van der Waals surface area contributed by atoms with Crippen molar-refractivity contribution in [2.24, 2.45) is 0 Å². The van der Waals surface area contributed by atoms with Crippen LogP contribution in [0.1, 0.15) is 150 Å². The lowest BCUT2D eigenvalue weighted by Crippen LogP contribution is -1.86. The van der Waals surface area contributed by atoms with Crippen molar-refractivity contribution in [1.29, 1.82) is 0 Å². The van der Waals surface area contributed by atoms with Crippen molar-refractivity contribution >= 4 is 0 Å². The van der Waals surface area contributed by atoms with Crippen molar-refractivity contribution < 1.29 is 43.9 Å². The quantitative estimate of drug-likeness (QED) is 0.0545. The van der Waals surface area contributed by atoms with Crippen molar-refractivity contribution in [3.05, 3.63) is 475 Å². The van der Waals surface area contributed by atoms with Gasteiger partial charge in [-0.3, -0.25) is 0 Å². The number of hydrogen-bond acceptors (Lipinski definition) is 0. The predicted molar refractivity (Wildman–Crippen MR) is 491 cm³/mol. The molecule has 15 aromatic carbocycles. The molecule has 0 amide bonds. The molecule has 10 heteroatoms. The van der Waals surface area contributed by atoms with Gasteiger partial charge in [0.05, 0.1) is 0 Å². The molecule has 620 valence electrons. The number of aryl methyl sites for hydroxylation is 5. The van der Waals surface area contributed by atoms with Gasteiger partial charge >= 0.3 is 0 Å². The summed E-state index contributed by atoms with van der Waals surface area (Å²) >= 11 is 0. The second-order valence-electron chi connectivity index (χ2n) is 29.6. The minimum Gasteiger partial charge on any atom is -0.204 e. The highest BCUT2D eigenvalue weighted by Crippen LogP contribution is 2.28. The summed E-state index contributed by atoms with van der Waals surface area (Å²) in [6.45, 7) is 10.8. The Kier molecular flexibility index (Phi) is 34.3. The Hall–Kier alpha value is -14.6. The van der Waals surface area contributed by atoms with E-state index in [4.69, 9.17) is 0 Å². The van der Waals surface area contributed by atoms with Crippen molar-refractivity contribution in [3.63, 3.8) is 0 Å². The van der Waals surface area contributed by atoms with E-state index in [2.05, 4.69) is 215 Å². The average molecular weight is 1660 g/mol. The van der Waals surface area contributed by atoms with Gasteiger partial charge in [0.15, 0.2) is 58.2 Å². The molecule has 0 aliphatic heterocycles. The van der Waals surface area contributed by atoms with Gasteiger partial charge in [0, 0.05) is 55.6 Å². The normalized spacial score (nSPS) is 10.2. The van der Waals surface area contributed by atoms with E-state index in [0.717, 1.165) is 160 Å². The van der Waals surface area contributed by atoms with Crippen LogP contribution in [0.25, 0.3) is 55.6 Å². The van der Waals surface area contributed by atoms with Crippen molar-refractivity contribution in [2.75, 3.05) is 0 Å². The molecule has 0 fully saturated rings. The molecule has 0 atom stereocenters. The van der Waals surface area contributed by atoms with Crippen LogP contribution in [0, 0.1) is 124 Å². The number of rotatable bonds is 15. The first-order valence-corrected chi connectivity index (χ1v) is 41.5. The Morgan fingerprint density at radius 2 is 0.352 bits per heavy atom. The van der Waals surface area contributed by atoms with Crippen LogP contribution in [0.2, 0.25) is 0 Å². The fourth-order valence-electron chi connectivity index (χ4n) is 12.8. The van der Waals surface area contributed by atoms with Crippen LogP contribution in [-0.4, -0.2) is 0 Å². The first kappa shape index (κ1) is 91.1. The molecule has 0 heterocycles. The summed E-state index contributed by atoms with van der Waals surface area (Å²) in [5.74, 6) is 20.4. The van der Waals surface area contributed by atoms with E-state index in [9.17, 15) is 43.9 Å². The molecule has 0 aliphatic carbocycles. The minimum atomic E-state index is -0.883. The summed E-state index contributed by atoms with van der Waals surface area (Å²) in [7, 11) is 0. The number of hydrogen-bond donors (Lipinski definition) is 0. The Bertz CT molecular complexity index is 6400. The second-order valence-corrected chi connectivity index (χ2v) is 29.6. The van der Waals surface area contributed by atoms with Crippen molar-refractivity contribution in [1.82, 2.24) is 0 Å². The summed E-state index contributed by atoms with van der Waals surface area (Å²) in [6.07, 6.45) is 11.7. The van der Waals surface area contributed by atoms with Crippen LogP contribution in [0.15, 0.2) is 334 Å². The van der Waals surface area contributed by atoms with Crippen LogP contribution in [0.5, 0.6) is 0 Å². The highest BCUT2D eigenvalue weighted by Gasteiger charge is 2.09.